The molecule has 0 aliphatic carbocycles. The lowest BCUT2D eigenvalue weighted by Gasteiger charge is -2.27. The molecule has 0 saturated carbocycles. The standard InChI is InChI=1S/C25H27ClN8O/c26-18-7-8-20-21(9-12-28-22(20)17-18)27-10-4-11-29-23-31-24(30-19-5-2-1-3-6-19)33-25(32-23)34-13-15-35-16-14-34/h1-3,5-9,12,17H,4,10-11,13-16H2,(H,27,28)(H2,29,30,31,32,33). The van der Waals surface area contributed by atoms with E-state index in [9.17, 15) is 0 Å². The van der Waals surface area contributed by atoms with Crippen LogP contribution >= 0.6 is 11.6 Å². The molecule has 0 amide bonds. The number of anilines is 5. The highest BCUT2D eigenvalue weighted by molar-refractivity contribution is 6.31. The van der Waals surface area contributed by atoms with E-state index < -0.39 is 0 Å². The van der Waals surface area contributed by atoms with Crippen molar-refractivity contribution in [2.75, 3.05) is 60.2 Å². The second-order valence-corrected chi connectivity index (χ2v) is 8.54. The van der Waals surface area contributed by atoms with Crippen molar-refractivity contribution in [1.82, 2.24) is 19.9 Å². The molecule has 0 radical (unpaired) electrons. The summed E-state index contributed by atoms with van der Waals surface area (Å²) in [7, 11) is 0. The number of nitrogens with zero attached hydrogens (tertiary/aromatic N) is 5. The van der Waals surface area contributed by atoms with Gasteiger partial charge in [-0.05, 0) is 42.8 Å². The van der Waals surface area contributed by atoms with Crippen molar-refractivity contribution >= 4 is 51.7 Å². The van der Waals surface area contributed by atoms with Crippen LogP contribution in [0.2, 0.25) is 5.02 Å². The Morgan fingerprint density at radius 3 is 2.54 bits per heavy atom. The zero-order valence-corrected chi connectivity index (χ0v) is 20.0. The Balaban J connectivity index is 1.22. The van der Waals surface area contributed by atoms with E-state index in [0.717, 1.165) is 48.3 Å². The van der Waals surface area contributed by atoms with Gasteiger partial charge in [0.05, 0.1) is 18.7 Å². The summed E-state index contributed by atoms with van der Waals surface area (Å²) >= 11 is 6.09. The molecule has 1 saturated heterocycles. The molecule has 35 heavy (non-hydrogen) atoms. The molecule has 3 N–H and O–H groups in total. The van der Waals surface area contributed by atoms with Crippen molar-refractivity contribution in [2.24, 2.45) is 0 Å². The van der Waals surface area contributed by atoms with Crippen molar-refractivity contribution in [1.29, 1.82) is 0 Å². The number of aromatic nitrogens is 4. The van der Waals surface area contributed by atoms with E-state index in [0.29, 0.717) is 42.6 Å². The predicted molar refractivity (Wildman–Crippen MR) is 141 cm³/mol. The Kier molecular flexibility index (Phi) is 7.35. The van der Waals surface area contributed by atoms with Gasteiger partial charge in [0.1, 0.15) is 0 Å². The van der Waals surface area contributed by atoms with E-state index in [1.807, 2.05) is 54.6 Å². The normalized spacial score (nSPS) is 13.6. The van der Waals surface area contributed by atoms with Crippen molar-refractivity contribution in [2.45, 2.75) is 6.42 Å². The molecule has 2 aromatic heterocycles. The maximum absolute atomic E-state index is 6.09. The number of rotatable bonds is 9. The summed E-state index contributed by atoms with van der Waals surface area (Å²) in [6.45, 7) is 4.33. The third-order valence-electron chi connectivity index (χ3n) is 5.60. The van der Waals surface area contributed by atoms with Gasteiger partial charge in [0.2, 0.25) is 17.8 Å². The molecule has 10 heteroatoms. The topological polar surface area (TPSA) is 100 Å². The summed E-state index contributed by atoms with van der Waals surface area (Å²) in [6.07, 6.45) is 2.66. The summed E-state index contributed by atoms with van der Waals surface area (Å²) < 4.78 is 5.48. The van der Waals surface area contributed by atoms with Gasteiger partial charge in [0.25, 0.3) is 0 Å². The molecule has 9 nitrogen and oxygen atoms in total. The van der Waals surface area contributed by atoms with Gasteiger partial charge >= 0.3 is 0 Å². The first-order valence-electron chi connectivity index (χ1n) is 11.7. The number of ether oxygens (including phenoxy) is 1. The van der Waals surface area contributed by atoms with Crippen molar-refractivity contribution < 1.29 is 4.74 Å². The molecule has 1 aliphatic heterocycles. The second kappa shape index (κ2) is 11.2. The third-order valence-corrected chi connectivity index (χ3v) is 5.84. The van der Waals surface area contributed by atoms with Crippen LogP contribution in [0.1, 0.15) is 6.42 Å². The summed E-state index contributed by atoms with van der Waals surface area (Å²) in [5, 5.41) is 11.9. The SMILES string of the molecule is Clc1ccc2c(NCCCNc3nc(Nc4ccccc4)nc(N4CCOCC4)n3)ccnc2c1. The first-order chi connectivity index (χ1) is 17.2. The number of halogens is 1. The fourth-order valence-corrected chi connectivity index (χ4v) is 4.01. The number of hydrogen-bond acceptors (Lipinski definition) is 9. The summed E-state index contributed by atoms with van der Waals surface area (Å²) in [5.41, 5.74) is 2.84. The number of para-hydroxylation sites is 1. The van der Waals surface area contributed by atoms with Crippen LogP contribution in [0.4, 0.5) is 29.2 Å². The second-order valence-electron chi connectivity index (χ2n) is 8.10. The first kappa shape index (κ1) is 23.1. The van der Waals surface area contributed by atoms with E-state index in [1.54, 1.807) is 6.20 Å². The number of morpholine rings is 1. The van der Waals surface area contributed by atoms with Crippen molar-refractivity contribution in [3.63, 3.8) is 0 Å². The van der Waals surface area contributed by atoms with Gasteiger partial charge in [-0.15, -0.1) is 0 Å². The third kappa shape index (κ3) is 6.06. The highest BCUT2D eigenvalue weighted by atomic mass is 35.5. The maximum atomic E-state index is 6.09. The molecule has 1 aliphatic rings. The van der Waals surface area contributed by atoms with Crippen LogP contribution in [0.25, 0.3) is 10.9 Å². The van der Waals surface area contributed by atoms with Gasteiger partial charge < -0.3 is 25.6 Å². The van der Waals surface area contributed by atoms with Crippen LogP contribution in [0, 0.1) is 0 Å². The highest BCUT2D eigenvalue weighted by Gasteiger charge is 2.16. The van der Waals surface area contributed by atoms with E-state index >= 15 is 0 Å². The van der Waals surface area contributed by atoms with Crippen LogP contribution in [0.15, 0.2) is 60.8 Å². The van der Waals surface area contributed by atoms with Gasteiger partial charge in [-0.3, -0.25) is 4.98 Å². The average Bonchev–Trinajstić information content (AvgIpc) is 2.89. The smallest absolute Gasteiger partial charge is 0.233 e. The van der Waals surface area contributed by atoms with Gasteiger partial charge in [-0.2, -0.15) is 15.0 Å². The fraction of sp³-hybridized carbons (Fsp3) is 0.280. The molecule has 0 spiro atoms. The molecule has 2 aromatic carbocycles. The Bertz CT molecular complexity index is 1270. The van der Waals surface area contributed by atoms with Gasteiger partial charge in [-0.25, -0.2) is 0 Å². The van der Waals surface area contributed by atoms with Gasteiger partial charge in [0, 0.05) is 54.2 Å². The van der Waals surface area contributed by atoms with Gasteiger partial charge in [0.15, 0.2) is 0 Å². The van der Waals surface area contributed by atoms with Crippen LogP contribution in [0.3, 0.4) is 0 Å². The lowest BCUT2D eigenvalue weighted by molar-refractivity contribution is 0.122. The largest absolute Gasteiger partial charge is 0.384 e. The molecular weight excluding hydrogens is 464 g/mol. The van der Waals surface area contributed by atoms with E-state index in [2.05, 4.69) is 40.8 Å². The average molecular weight is 491 g/mol. The van der Waals surface area contributed by atoms with E-state index in [1.165, 1.54) is 0 Å². The number of hydrogen-bond donors (Lipinski definition) is 3. The molecule has 0 atom stereocenters. The predicted octanol–water partition coefficient (Wildman–Crippen LogP) is 4.57. The van der Waals surface area contributed by atoms with Crippen molar-refractivity contribution in [3.05, 3.63) is 65.8 Å². The Morgan fingerprint density at radius 2 is 1.69 bits per heavy atom. The number of fused-ring (bicyclic) bond motifs is 1. The molecule has 3 heterocycles. The molecule has 1 fully saturated rings. The number of pyridine rings is 1. The van der Waals surface area contributed by atoms with Crippen LogP contribution in [-0.2, 0) is 4.74 Å². The van der Waals surface area contributed by atoms with Crippen molar-refractivity contribution in [3.8, 4) is 0 Å². The number of nitrogens with one attached hydrogen (secondary N) is 3. The Morgan fingerprint density at radius 1 is 0.886 bits per heavy atom. The molecule has 0 bridgehead atoms. The first-order valence-corrected chi connectivity index (χ1v) is 12.1. The lowest BCUT2D eigenvalue weighted by atomic mass is 10.2. The van der Waals surface area contributed by atoms with E-state index in [-0.39, 0.29) is 0 Å². The van der Waals surface area contributed by atoms with Crippen LogP contribution in [0.5, 0.6) is 0 Å². The molecule has 0 unspecified atom stereocenters. The maximum Gasteiger partial charge on any atom is 0.233 e. The Labute approximate surface area is 208 Å². The lowest BCUT2D eigenvalue weighted by Crippen LogP contribution is -2.37. The molecule has 5 rings (SSSR count). The number of benzene rings is 2. The summed E-state index contributed by atoms with van der Waals surface area (Å²) in [4.78, 5) is 20.4. The minimum absolute atomic E-state index is 0.509. The van der Waals surface area contributed by atoms with E-state index in [4.69, 9.17) is 16.3 Å². The fourth-order valence-electron chi connectivity index (χ4n) is 3.84. The monoisotopic (exact) mass is 490 g/mol. The Hall–Kier alpha value is -3.69. The minimum atomic E-state index is 0.509. The van der Waals surface area contributed by atoms with Gasteiger partial charge in [-0.1, -0.05) is 29.8 Å². The highest BCUT2D eigenvalue weighted by Crippen LogP contribution is 2.24. The van der Waals surface area contributed by atoms with Crippen LogP contribution in [-0.4, -0.2) is 59.3 Å². The van der Waals surface area contributed by atoms with Crippen LogP contribution < -0.4 is 20.9 Å². The molecule has 4 aromatic rings. The minimum Gasteiger partial charge on any atom is -0.384 e. The zero-order valence-electron chi connectivity index (χ0n) is 19.2. The summed E-state index contributed by atoms with van der Waals surface area (Å²) in [5.74, 6) is 1.70. The molecule has 180 valence electrons. The molecular formula is C25H27ClN8O. The summed E-state index contributed by atoms with van der Waals surface area (Å²) in [6, 6.07) is 17.6. The quantitative estimate of drug-likeness (QED) is 0.291. The zero-order chi connectivity index (χ0) is 23.9.